The van der Waals surface area contributed by atoms with Crippen molar-refractivity contribution in [2.24, 2.45) is 10.8 Å². The minimum Gasteiger partial charge on any atom is -0.323 e. The molecule has 2 amide bonds. The number of amides is 2. The Bertz CT molecular complexity index is 1410. The first-order chi connectivity index (χ1) is 17.9. The van der Waals surface area contributed by atoms with Gasteiger partial charge in [0.05, 0.1) is 16.5 Å². The summed E-state index contributed by atoms with van der Waals surface area (Å²) in [6, 6.07) is 1.81. The van der Waals surface area contributed by atoms with Crippen molar-refractivity contribution in [1.29, 1.82) is 0 Å². The van der Waals surface area contributed by atoms with Gasteiger partial charge in [-0.3, -0.25) is 0 Å². The van der Waals surface area contributed by atoms with Gasteiger partial charge in [0.25, 0.3) is 0 Å². The molecule has 1 aromatic heterocycles. The summed E-state index contributed by atoms with van der Waals surface area (Å²) in [5, 5.41) is 4.62. The number of likely N-dealkylation sites (tertiary alicyclic amines) is 2. The van der Waals surface area contributed by atoms with E-state index in [0.29, 0.717) is 50.3 Å². The van der Waals surface area contributed by atoms with Gasteiger partial charge in [-0.1, -0.05) is 0 Å². The van der Waals surface area contributed by atoms with E-state index < -0.39 is 37.9 Å². The number of rotatable bonds is 4. The quantitative estimate of drug-likeness (QED) is 0.542. The summed E-state index contributed by atoms with van der Waals surface area (Å²) in [6.07, 6.45) is 1.06. The SMILES string of the molecule is O=C(N1CC2(CC(n3cnc(C4CC4)n3)C2)C1)N1CC2(C1)CN(S(=O)(=O)c1ccc(F)cc1C(F)(F)F)C2. The number of urea groups is 1. The van der Waals surface area contributed by atoms with Crippen molar-refractivity contribution in [1.82, 2.24) is 28.9 Å². The van der Waals surface area contributed by atoms with Crippen LogP contribution in [0.1, 0.15) is 49.0 Å². The number of halogens is 4. The number of carbonyl (C=O) groups excluding carboxylic acids is 1. The summed E-state index contributed by atoms with van der Waals surface area (Å²) in [7, 11) is -4.45. The predicted octanol–water partition coefficient (Wildman–Crippen LogP) is 3.08. The lowest BCUT2D eigenvalue weighted by Gasteiger charge is -2.63. The standard InChI is InChI=1S/C24H26F4N6O3S/c25-16-3-4-19(18(5-16)24(26,27)28)38(36,37)33-12-23(13-33)10-32(11-23)21(35)31-8-22(9-31)6-17(7-22)34-14-29-20(30-34)15-1-2-15/h3-5,14-15,17H,1-2,6-13H2. The molecule has 0 radical (unpaired) electrons. The highest BCUT2D eigenvalue weighted by Crippen LogP contribution is 2.55. The lowest BCUT2D eigenvalue weighted by atomic mass is 9.60. The number of carbonyl (C=O) groups is 1. The van der Waals surface area contributed by atoms with Crippen LogP contribution in [0.5, 0.6) is 0 Å². The molecule has 4 heterocycles. The summed E-state index contributed by atoms with van der Waals surface area (Å²) < 4.78 is 82.2. The molecular weight excluding hydrogens is 528 g/mol. The lowest BCUT2D eigenvalue weighted by Crippen LogP contribution is -2.76. The third-order valence-corrected chi connectivity index (χ3v) is 10.6. The molecule has 0 unspecified atom stereocenters. The first-order valence-electron chi connectivity index (χ1n) is 12.7. The smallest absolute Gasteiger partial charge is 0.323 e. The Morgan fingerprint density at radius 3 is 2.21 bits per heavy atom. The Morgan fingerprint density at radius 2 is 1.61 bits per heavy atom. The maximum absolute atomic E-state index is 13.4. The van der Waals surface area contributed by atoms with E-state index in [1.54, 1.807) is 9.80 Å². The van der Waals surface area contributed by atoms with E-state index in [0.717, 1.165) is 35.8 Å². The molecule has 9 nitrogen and oxygen atoms in total. The Balaban J connectivity index is 0.909. The van der Waals surface area contributed by atoms with Crippen molar-refractivity contribution in [3.05, 3.63) is 41.7 Å². The van der Waals surface area contributed by atoms with E-state index in [2.05, 4.69) is 10.1 Å². The van der Waals surface area contributed by atoms with Crippen LogP contribution >= 0.6 is 0 Å². The van der Waals surface area contributed by atoms with Crippen LogP contribution in [0.2, 0.25) is 0 Å². The highest BCUT2D eigenvalue weighted by molar-refractivity contribution is 7.89. The molecule has 14 heteroatoms. The number of alkyl halides is 3. The molecule has 2 spiro atoms. The van der Waals surface area contributed by atoms with Gasteiger partial charge in [-0.15, -0.1) is 0 Å². The first kappa shape index (κ1) is 24.3. The Labute approximate surface area is 216 Å². The largest absolute Gasteiger partial charge is 0.417 e. The molecule has 204 valence electrons. The molecule has 38 heavy (non-hydrogen) atoms. The van der Waals surface area contributed by atoms with Gasteiger partial charge in [-0.05, 0) is 43.9 Å². The molecule has 5 aliphatic rings. The van der Waals surface area contributed by atoms with E-state index in [-0.39, 0.29) is 30.6 Å². The van der Waals surface area contributed by atoms with Gasteiger partial charge in [0.1, 0.15) is 12.1 Å². The van der Waals surface area contributed by atoms with E-state index in [4.69, 9.17) is 0 Å². The van der Waals surface area contributed by atoms with Crippen LogP contribution in [0.3, 0.4) is 0 Å². The fourth-order valence-electron chi connectivity index (χ4n) is 6.53. The molecular formula is C24H26F4N6O3S. The zero-order valence-corrected chi connectivity index (χ0v) is 21.2. The Hall–Kier alpha value is -2.74. The molecule has 3 aliphatic heterocycles. The van der Waals surface area contributed by atoms with Crippen LogP contribution in [-0.4, -0.2) is 82.6 Å². The molecule has 2 aromatic rings. The summed E-state index contributed by atoms with van der Waals surface area (Å²) in [5.74, 6) is 0.296. The molecule has 0 atom stereocenters. The topological polar surface area (TPSA) is 91.6 Å². The van der Waals surface area contributed by atoms with Gasteiger partial charge in [-0.2, -0.15) is 22.6 Å². The van der Waals surface area contributed by atoms with Crippen LogP contribution in [0, 0.1) is 16.6 Å². The van der Waals surface area contributed by atoms with Crippen LogP contribution in [0.25, 0.3) is 0 Å². The fourth-order valence-corrected chi connectivity index (χ4v) is 8.39. The normalized spacial score (nSPS) is 24.6. The number of nitrogens with zero attached hydrogens (tertiary/aromatic N) is 6. The minimum absolute atomic E-state index is 0.0279. The first-order valence-corrected chi connectivity index (χ1v) is 14.1. The molecule has 1 aromatic carbocycles. The Kier molecular flexibility index (Phi) is 4.91. The van der Waals surface area contributed by atoms with Crippen LogP contribution in [-0.2, 0) is 16.2 Å². The molecule has 5 fully saturated rings. The van der Waals surface area contributed by atoms with E-state index >= 15 is 0 Å². The third kappa shape index (κ3) is 3.74. The predicted molar refractivity (Wildman–Crippen MR) is 124 cm³/mol. The summed E-state index contributed by atoms with van der Waals surface area (Å²) in [5.41, 5.74) is -1.83. The van der Waals surface area contributed by atoms with Crippen molar-refractivity contribution in [3.63, 3.8) is 0 Å². The molecule has 0 N–H and O–H groups in total. The summed E-state index contributed by atoms with van der Waals surface area (Å²) in [6.45, 7) is 2.15. The van der Waals surface area contributed by atoms with Gasteiger partial charge in [0.15, 0.2) is 5.82 Å². The van der Waals surface area contributed by atoms with Gasteiger partial charge in [0, 0.05) is 56.0 Å². The second-order valence-corrected chi connectivity index (χ2v) is 13.7. The summed E-state index contributed by atoms with van der Waals surface area (Å²) >= 11 is 0. The maximum Gasteiger partial charge on any atom is 0.417 e. The molecule has 2 aliphatic carbocycles. The maximum atomic E-state index is 13.4. The molecule has 3 saturated heterocycles. The highest BCUT2D eigenvalue weighted by atomic mass is 32.2. The lowest BCUT2D eigenvalue weighted by molar-refractivity contribution is -0.140. The number of sulfonamides is 1. The zero-order valence-electron chi connectivity index (χ0n) is 20.4. The minimum atomic E-state index is -5.00. The second-order valence-electron chi connectivity index (χ2n) is 11.8. The third-order valence-electron chi connectivity index (χ3n) is 8.71. The summed E-state index contributed by atoms with van der Waals surface area (Å²) in [4.78, 5) is 19.9. The number of hydrogen-bond donors (Lipinski definition) is 0. The van der Waals surface area contributed by atoms with Crippen molar-refractivity contribution in [2.45, 2.75) is 48.7 Å². The van der Waals surface area contributed by atoms with Gasteiger partial charge in [-0.25, -0.2) is 27.3 Å². The van der Waals surface area contributed by atoms with Crippen LogP contribution in [0.15, 0.2) is 29.4 Å². The zero-order chi connectivity index (χ0) is 26.7. The van der Waals surface area contributed by atoms with E-state index in [1.807, 2.05) is 11.0 Å². The van der Waals surface area contributed by atoms with Crippen LogP contribution < -0.4 is 0 Å². The Morgan fingerprint density at radius 1 is 0.974 bits per heavy atom. The van der Waals surface area contributed by atoms with Crippen molar-refractivity contribution in [2.75, 3.05) is 39.3 Å². The number of hydrogen-bond acceptors (Lipinski definition) is 5. The molecule has 0 bridgehead atoms. The monoisotopic (exact) mass is 554 g/mol. The van der Waals surface area contributed by atoms with Gasteiger partial charge < -0.3 is 9.80 Å². The van der Waals surface area contributed by atoms with Crippen molar-refractivity contribution < 1.29 is 30.8 Å². The molecule has 2 saturated carbocycles. The highest BCUT2D eigenvalue weighted by Gasteiger charge is 2.60. The van der Waals surface area contributed by atoms with E-state index in [9.17, 15) is 30.8 Å². The van der Waals surface area contributed by atoms with E-state index in [1.165, 1.54) is 0 Å². The van der Waals surface area contributed by atoms with Gasteiger partial charge >= 0.3 is 12.2 Å². The average Bonchev–Trinajstić information content (AvgIpc) is 3.46. The average molecular weight is 555 g/mol. The van der Waals surface area contributed by atoms with Gasteiger partial charge in [0.2, 0.25) is 10.0 Å². The number of aromatic nitrogens is 3. The van der Waals surface area contributed by atoms with Crippen molar-refractivity contribution >= 4 is 16.1 Å². The van der Waals surface area contributed by atoms with Crippen LogP contribution in [0.4, 0.5) is 22.4 Å². The molecule has 7 rings (SSSR count). The number of benzene rings is 1. The van der Waals surface area contributed by atoms with Crippen molar-refractivity contribution in [3.8, 4) is 0 Å². The fraction of sp³-hybridized carbons (Fsp3) is 0.625. The second kappa shape index (κ2) is 7.68.